The maximum Gasteiger partial charge on any atom is 0.224 e. The second-order valence-electron chi connectivity index (χ2n) is 4.52. The average Bonchev–Trinajstić information content (AvgIpc) is 2.32. The Morgan fingerprint density at radius 3 is 3.00 bits per heavy atom. The average molecular weight is 259 g/mol. The summed E-state index contributed by atoms with van der Waals surface area (Å²) in [6, 6.07) is 0.428. The zero-order valence-electron chi connectivity index (χ0n) is 10.0. The summed E-state index contributed by atoms with van der Waals surface area (Å²) < 4.78 is 13.6. The summed E-state index contributed by atoms with van der Waals surface area (Å²) in [4.78, 5) is 11.7. The third-order valence-corrected chi connectivity index (χ3v) is 3.30. The van der Waals surface area contributed by atoms with E-state index in [0.717, 1.165) is 32.1 Å². The van der Waals surface area contributed by atoms with Gasteiger partial charge in [-0.2, -0.15) is 4.98 Å². The van der Waals surface area contributed by atoms with E-state index in [9.17, 15) is 4.39 Å². The maximum absolute atomic E-state index is 13.6. The lowest BCUT2D eigenvalue weighted by molar-refractivity contribution is 0.257. The topological polar surface area (TPSA) is 32.3 Å². The number of rotatable bonds is 2. The molecule has 1 unspecified atom stereocenters. The molecule has 0 radical (unpaired) electrons. The van der Waals surface area contributed by atoms with Crippen LogP contribution in [0.15, 0.2) is 6.20 Å². The Kier molecular flexibility index (Phi) is 3.79. The lowest BCUT2D eigenvalue weighted by Crippen LogP contribution is -2.45. The number of nitrogens with zero attached hydrogens (tertiary/aromatic N) is 4. The Labute approximate surface area is 105 Å². The molecule has 2 heterocycles. The Bertz CT molecular complexity index is 399. The predicted molar refractivity (Wildman–Crippen MR) is 65.9 cm³/mol. The molecule has 2 rings (SSSR count). The van der Waals surface area contributed by atoms with Gasteiger partial charge in [-0.1, -0.05) is 0 Å². The lowest BCUT2D eigenvalue weighted by Gasteiger charge is -2.36. The summed E-state index contributed by atoms with van der Waals surface area (Å²) in [5, 5.41) is 0.0911. The quantitative estimate of drug-likeness (QED) is 0.758. The van der Waals surface area contributed by atoms with Crippen LogP contribution < -0.4 is 4.90 Å². The fraction of sp³-hybridized carbons (Fsp3) is 0.636. The van der Waals surface area contributed by atoms with Crippen molar-refractivity contribution in [3.63, 3.8) is 0 Å². The molecule has 0 N–H and O–H groups in total. The Morgan fingerprint density at radius 2 is 2.29 bits per heavy atom. The van der Waals surface area contributed by atoms with E-state index in [1.807, 2.05) is 19.0 Å². The SMILES string of the molecule is CN(C)C1CCCN(c2nc(Cl)ncc2F)C1. The molecule has 0 bridgehead atoms. The summed E-state index contributed by atoms with van der Waals surface area (Å²) >= 11 is 5.71. The molecule has 1 aliphatic heterocycles. The summed E-state index contributed by atoms with van der Waals surface area (Å²) in [7, 11) is 4.08. The Hall–Kier alpha value is -0.940. The molecule has 0 amide bonds. The van der Waals surface area contributed by atoms with E-state index >= 15 is 0 Å². The molecular weight excluding hydrogens is 243 g/mol. The summed E-state index contributed by atoms with van der Waals surface area (Å²) in [5.74, 6) is -0.0923. The number of hydrogen-bond donors (Lipinski definition) is 0. The normalized spacial score (nSPS) is 21.0. The van der Waals surface area contributed by atoms with Crippen LogP contribution in [0.25, 0.3) is 0 Å². The van der Waals surface area contributed by atoms with E-state index in [0.29, 0.717) is 11.9 Å². The third kappa shape index (κ3) is 2.84. The van der Waals surface area contributed by atoms with E-state index in [-0.39, 0.29) is 5.28 Å². The van der Waals surface area contributed by atoms with Crippen LogP contribution in [-0.4, -0.2) is 48.1 Å². The second kappa shape index (κ2) is 5.14. The lowest BCUT2D eigenvalue weighted by atomic mass is 10.1. The maximum atomic E-state index is 13.6. The van der Waals surface area contributed by atoms with E-state index < -0.39 is 5.82 Å². The highest BCUT2D eigenvalue weighted by molar-refractivity contribution is 6.28. The van der Waals surface area contributed by atoms with Crippen LogP contribution in [0.1, 0.15) is 12.8 Å². The molecule has 1 aromatic heterocycles. The minimum atomic E-state index is -0.409. The highest BCUT2D eigenvalue weighted by Crippen LogP contribution is 2.23. The first-order valence-corrected chi connectivity index (χ1v) is 6.05. The van der Waals surface area contributed by atoms with Gasteiger partial charge in [0, 0.05) is 19.1 Å². The molecule has 1 fully saturated rings. The van der Waals surface area contributed by atoms with Crippen LogP contribution in [-0.2, 0) is 0 Å². The highest BCUT2D eigenvalue weighted by atomic mass is 35.5. The third-order valence-electron chi connectivity index (χ3n) is 3.12. The molecule has 17 heavy (non-hydrogen) atoms. The van der Waals surface area contributed by atoms with Gasteiger partial charge in [0.2, 0.25) is 5.28 Å². The molecule has 1 atom stereocenters. The van der Waals surface area contributed by atoms with Gasteiger partial charge in [0.1, 0.15) is 0 Å². The van der Waals surface area contributed by atoms with Crippen LogP contribution >= 0.6 is 11.6 Å². The molecule has 6 heteroatoms. The molecule has 0 spiro atoms. The zero-order valence-corrected chi connectivity index (χ0v) is 10.8. The number of aromatic nitrogens is 2. The van der Waals surface area contributed by atoms with Gasteiger partial charge in [-0.05, 0) is 38.5 Å². The van der Waals surface area contributed by atoms with Gasteiger partial charge in [0.05, 0.1) is 6.20 Å². The van der Waals surface area contributed by atoms with Gasteiger partial charge in [-0.25, -0.2) is 9.37 Å². The molecule has 0 saturated carbocycles. The minimum Gasteiger partial charge on any atom is -0.352 e. The fourth-order valence-corrected chi connectivity index (χ4v) is 2.26. The molecule has 1 aliphatic rings. The standard InChI is InChI=1S/C11H16ClFN4/c1-16(2)8-4-3-5-17(7-8)10-9(13)6-14-11(12)15-10/h6,8H,3-5,7H2,1-2H3. The van der Waals surface area contributed by atoms with Crippen LogP contribution in [0.2, 0.25) is 5.28 Å². The molecule has 4 nitrogen and oxygen atoms in total. The Morgan fingerprint density at radius 1 is 1.53 bits per heavy atom. The monoisotopic (exact) mass is 258 g/mol. The summed E-state index contributed by atoms with van der Waals surface area (Å²) in [5.41, 5.74) is 0. The summed E-state index contributed by atoms with van der Waals surface area (Å²) in [6.45, 7) is 1.59. The highest BCUT2D eigenvalue weighted by Gasteiger charge is 2.24. The predicted octanol–water partition coefficient (Wildman–Crippen LogP) is 1.80. The van der Waals surface area contributed by atoms with Crippen molar-refractivity contribution in [1.29, 1.82) is 0 Å². The van der Waals surface area contributed by atoms with Crippen molar-refractivity contribution in [1.82, 2.24) is 14.9 Å². The first-order valence-electron chi connectivity index (χ1n) is 5.67. The molecule has 1 aromatic rings. The molecule has 0 aliphatic carbocycles. The largest absolute Gasteiger partial charge is 0.352 e. The van der Waals surface area contributed by atoms with Gasteiger partial charge in [0.15, 0.2) is 11.6 Å². The van der Waals surface area contributed by atoms with Crippen LogP contribution in [0.5, 0.6) is 0 Å². The zero-order chi connectivity index (χ0) is 12.4. The van der Waals surface area contributed by atoms with Crippen LogP contribution in [0, 0.1) is 5.82 Å². The van der Waals surface area contributed by atoms with Gasteiger partial charge in [-0.3, -0.25) is 0 Å². The second-order valence-corrected chi connectivity index (χ2v) is 4.85. The Balaban J connectivity index is 2.18. The van der Waals surface area contributed by atoms with E-state index in [4.69, 9.17) is 11.6 Å². The smallest absolute Gasteiger partial charge is 0.224 e. The molecular formula is C11H16ClFN4. The molecule has 94 valence electrons. The minimum absolute atomic E-state index is 0.0911. The number of likely N-dealkylation sites (N-methyl/N-ethyl adjacent to an activating group) is 1. The van der Waals surface area contributed by atoms with E-state index in [1.54, 1.807) is 0 Å². The van der Waals surface area contributed by atoms with Crippen LogP contribution in [0.4, 0.5) is 10.2 Å². The molecule has 0 aromatic carbocycles. The van der Waals surface area contributed by atoms with Gasteiger partial charge in [-0.15, -0.1) is 0 Å². The summed E-state index contributed by atoms with van der Waals surface area (Å²) in [6.07, 6.45) is 3.29. The van der Waals surface area contributed by atoms with Crippen molar-refractivity contribution in [2.45, 2.75) is 18.9 Å². The van der Waals surface area contributed by atoms with Crippen molar-refractivity contribution in [3.05, 3.63) is 17.3 Å². The van der Waals surface area contributed by atoms with E-state index in [2.05, 4.69) is 14.9 Å². The number of anilines is 1. The van der Waals surface area contributed by atoms with Crippen molar-refractivity contribution in [3.8, 4) is 0 Å². The number of piperidine rings is 1. The van der Waals surface area contributed by atoms with Gasteiger partial charge in [0.25, 0.3) is 0 Å². The van der Waals surface area contributed by atoms with Crippen molar-refractivity contribution in [2.75, 3.05) is 32.1 Å². The van der Waals surface area contributed by atoms with Crippen molar-refractivity contribution < 1.29 is 4.39 Å². The number of halogens is 2. The number of hydrogen-bond acceptors (Lipinski definition) is 4. The fourth-order valence-electron chi connectivity index (χ4n) is 2.13. The van der Waals surface area contributed by atoms with E-state index in [1.165, 1.54) is 0 Å². The first kappa shape index (κ1) is 12.5. The van der Waals surface area contributed by atoms with Crippen molar-refractivity contribution >= 4 is 17.4 Å². The van der Waals surface area contributed by atoms with Crippen molar-refractivity contribution in [2.24, 2.45) is 0 Å². The first-order chi connectivity index (χ1) is 8.08. The molecule has 1 saturated heterocycles. The van der Waals surface area contributed by atoms with Gasteiger partial charge < -0.3 is 9.80 Å². The van der Waals surface area contributed by atoms with Crippen LogP contribution in [0.3, 0.4) is 0 Å². The van der Waals surface area contributed by atoms with Gasteiger partial charge >= 0.3 is 0 Å².